The summed E-state index contributed by atoms with van der Waals surface area (Å²) in [6.07, 6.45) is 1.53. The molecule has 5 heteroatoms. The average Bonchev–Trinajstić information content (AvgIpc) is 3.08. The van der Waals surface area contributed by atoms with Crippen LogP contribution in [0.4, 0.5) is 5.69 Å². The first-order valence-corrected chi connectivity index (χ1v) is 8.05. The lowest BCUT2D eigenvalue weighted by molar-refractivity contribution is -0.134. The van der Waals surface area contributed by atoms with Crippen LogP contribution in [0.25, 0.3) is 0 Å². The van der Waals surface area contributed by atoms with Crippen molar-refractivity contribution in [2.24, 2.45) is 0 Å². The van der Waals surface area contributed by atoms with Gasteiger partial charge < -0.3 is 15.0 Å². The summed E-state index contributed by atoms with van der Waals surface area (Å²) < 4.78 is 5.85. The van der Waals surface area contributed by atoms with E-state index in [2.05, 4.69) is 5.32 Å². The van der Waals surface area contributed by atoms with Gasteiger partial charge in [0.05, 0.1) is 5.69 Å². The monoisotopic (exact) mass is 324 g/mol. The molecule has 0 spiro atoms. The van der Waals surface area contributed by atoms with Crippen LogP contribution in [0, 0.1) is 0 Å². The zero-order chi connectivity index (χ0) is 16.9. The van der Waals surface area contributed by atoms with E-state index >= 15 is 0 Å². The molecule has 0 radical (unpaired) electrons. The second-order valence-corrected chi connectivity index (χ2v) is 5.77. The second-order valence-electron chi connectivity index (χ2n) is 5.77. The Morgan fingerprint density at radius 1 is 1.08 bits per heavy atom. The molecule has 1 atom stereocenters. The molecule has 0 bridgehead atoms. The van der Waals surface area contributed by atoms with Crippen molar-refractivity contribution < 1.29 is 14.3 Å². The van der Waals surface area contributed by atoms with Crippen molar-refractivity contribution in [2.45, 2.75) is 25.8 Å². The Hall–Kier alpha value is -2.82. The summed E-state index contributed by atoms with van der Waals surface area (Å²) in [5.74, 6) is 1.03. The highest BCUT2D eigenvalue weighted by Gasteiger charge is 2.32. The summed E-state index contributed by atoms with van der Waals surface area (Å²) >= 11 is 0. The van der Waals surface area contributed by atoms with Crippen molar-refractivity contribution in [1.29, 1.82) is 0 Å². The van der Waals surface area contributed by atoms with Gasteiger partial charge in [-0.05, 0) is 37.1 Å². The first kappa shape index (κ1) is 16.1. The number of carbonyl (C=O) groups is 2. The lowest BCUT2D eigenvalue weighted by Crippen LogP contribution is -2.42. The summed E-state index contributed by atoms with van der Waals surface area (Å²) in [5, 5.41) is 2.90. The maximum Gasteiger partial charge on any atom is 0.247 e. The molecule has 2 aromatic rings. The molecule has 3 rings (SSSR count). The van der Waals surface area contributed by atoms with Gasteiger partial charge >= 0.3 is 0 Å². The van der Waals surface area contributed by atoms with Crippen molar-refractivity contribution in [1.82, 2.24) is 4.90 Å². The number of benzene rings is 2. The fourth-order valence-electron chi connectivity index (χ4n) is 2.91. The second kappa shape index (κ2) is 7.17. The van der Waals surface area contributed by atoms with E-state index in [-0.39, 0.29) is 11.8 Å². The van der Waals surface area contributed by atoms with Crippen LogP contribution in [0.2, 0.25) is 0 Å². The molecule has 1 aliphatic rings. The fraction of sp³-hybridized carbons (Fsp3) is 0.263. The summed E-state index contributed by atoms with van der Waals surface area (Å²) in [6.45, 7) is 2.13. The Balaban J connectivity index is 1.75. The van der Waals surface area contributed by atoms with Gasteiger partial charge in [0.15, 0.2) is 5.75 Å². The van der Waals surface area contributed by atoms with Crippen LogP contribution in [-0.2, 0) is 9.59 Å². The molecule has 1 heterocycles. The highest BCUT2D eigenvalue weighted by Crippen LogP contribution is 2.30. The highest BCUT2D eigenvalue weighted by atomic mass is 16.5. The Morgan fingerprint density at radius 2 is 1.79 bits per heavy atom. The molecule has 1 saturated heterocycles. The van der Waals surface area contributed by atoms with E-state index in [1.54, 1.807) is 17.0 Å². The van der Waals surface area contributed by atoms with Gasteiger partial charge in [0.2, 0.25) is 11.8 Å². The SMILES string of the molecule is CC(=O)N1CCCC1C(=O)Nc1ccccc1Oc1ccccc1. The Labute approximate surface area is 141 Å². The number of anilines is 1. The van der Waals surface area contributed by atoms with Crippen LogP contribution in [0.3, 0.4) is 0 Å². The zero-order valence-electron chi connectivity index (χ0n) is 13.6. The number of hydrogen-bond donors (Lipinski definition) is 1. The first-order chi connectivity index (χ1) is 11.6. The Morgan fingerprint density at radius 3 is 2.54 bits per heavy atom. The Kier molecular flexibility index (Phi) is 4.79. The van der Waals surface area contributed by atoms with Gasteiger partial charge in [0, 0.05) is 13.5 Å². The third-order valence-corrected chi connectivity index (χ3v) is 4.08. The van der Waals surface area contributed by atoms with Crippen molar-refractivity contribution in [3.8, 4) is 11.5 Å². The molecule has 24 heavy (non-hydrogen) atoms. The molecule has 1 fully saturated rings. The van der Waals surface area contributed by atoms with E-state index < -0.39 is 6.04 Å². The summed E-state index contributed by atoms with van der Waals surface area (Å²) in [6, 6.07) is 16.3. The van der Waals surface area contributed by atoms with Crippen LogP contribution in [0.15, 0.2) is 54.6 Å². The number of nitrogens with one attached hydrogen (secondary N) is 1. The van der Waals surface area contributed by atoms with E-state index in [1.165, 1.54) is 6.92 Å². The molecule has 0 aliphatic carbocycles. The molecule has 1 N–H and O–H groups in total. The van der Waals surface area contributed by atoms with Crippen LogP contribution in [0.1, 0.15) is 19.8 Å². The third kappa shape index (κ3) is 3.56. The lowest BCUT2D eigenvalue weighted by atomic mass is 10.2. The van der Waals surface area contributed by atoms with Crippen molar-refractivity contribution >= 4 is 17.5 Å². The molecule has 1 aliphatic heterocycles. The molecule has 2 aromatic carbocycles. The van der Waals surface area contributed by atoms with Gasteiger partial charge in [-0.15, -0.1) is 0 Å². The van der Waals surface area contributed by atoms with Gasteiger partial charge in [-0.2, -0.15) is 0 Å². The average molecular weight is 324 g/mol. The number of para-hydroxylation sites is 3. The Bertz CT molecular complexity index is 730. The number of ether oxygens (including phenoxy) is 1. The van der Waals surface area contributed by atoms with Gasteiger partial charge in [0.1, 0.15) is 11.8 Å². The van der Waals surface area contributed by atoms with Gasteiger partial charge in [-0.3, -0.25) is 9.59 Å². The minimum atomic E-state index is -0.410. The van der Waals surface area contributed by atoms with Gasteiger partial charge in [0.25, 0.3) is 0 Å². The maximum atomic E-state index is 12.6. The quantitative estimate of drug-likeness (QED) is 0.937. The lowest BCUT2D eigenvalue weighted by Gasteiger charge is -2.23. The standard InChI is InChI=1S/C19H20N2O3/c1-14(22)21-13-7-11-17(21)19(23)20-16-10-5-6-12-18(16)24-15-8-3-2-4-9-15/h2-6,8-10,12,17H,7,11,13H2,1H3,(H,20,23). The minimum Gasteiger partial charge on any atom is -0.455 e. The number of carbonyl (C=O) groups excluding carboxylic acids is 2. The van der Waals surface area contributed by atoms with E-state index in [0.717, 1.165) is 6.42 Å². The predicted molar refractivity (Wildman–Crippen MR) is 92.0 cm³/mol. The molecule has 0 aromatic heterocycles. The van der Waals surface area contributed by atoms with Crippen LogP contribution in [0.5, 0.6) is 11.5 Å². The predicted octanol–water partition coefficient (Wildman–Crippen LogP) is 3.43. The van der Waals surface area contributed by atoms with Crippen molar-refractivity contribution in [3.63, 3.8) is 0 Å². The largest absolute Gasteiger partial charge is 0.455 e. The molecular formula is C19H20N2O3. The summed E-state index contributed by atoms with van der Waals surface area (Å²) in [4.78, 5) is 25.8. The molecule has 0 saturated carbocycles. The first-order valence-electron chi connectivity index (χ1n) is 8.05. The topological polar surface area (TPSA) is 58.6 Å². The number of rotatable bonds is 4. The van der Waals surface area contributed by atoms with E-state index in [1.807, 2.05) is 42.5 Å². The minimum absolute atomic E-state index is 0.0681. The number of likely N-dealkylation sites (tertiary alicyclic amines) is 1. The maximum absolute atomic E-state index is 12.6. The highest BCUT2D eigenvalue weighted by molar-refractivity contribution is 5.98. The summed E-state index contributed by atoms with van der Waals surface area (Å²) in [7, 11) is 0. The fourth-order valence-corrected chi connectivity index (χ4v) is 2.91. The van der Waals surface area contributed by atoms with E-state index in [9.17, 15) is 9.59 Å². The van der Waals surface area contributed by atoms with Crippen LogP contribution < -0.4 is 10.1 Å². The van der Waals surface area contributed by atoms with Crippen LogP contribution >= 0.6 is 0 Å². The molecule has 124 valence electrons. The van der Waals surface area contributed by atoms with Gasteiger partial charge in [-0.1, -0.05) is 30.3 Å². The van der Waals surface area contributed by atoms with Crippen molar-refractivity contribution in [2.75, 3.05) is 11.9 Å². The number of hydrogen-bond acceptors (Lipinski definition) is 3. The van der Waals surface area contributed by atoms with Crippen LogP contribution in [-0.4, -0.2) is 29.3 Å². The van der Waals surface area contributed by atoms with E-state index in [0.29, 0.717) is 30.2 Å². The molecule has 2 amide bonds. The van der Waals surface area contributed by atoms with Crippen molar-refractivity contribution in [3.05, 3.63) is 54.6 Å². The van der Waals surface area contributed by atoms with E-state index in [4.69, 9.17) is 4.74 Å². The normalized spacial score (nSPS) is 16.7. The smallest absolute Gasteiger partial charge is 0.247 e. The third-order valence-electron chi connectivity index (χ3n) is 4.08. The molecule has 5 nitrogen and oxygen atoms in total. The summed E-state index contributed by atoms with van der Waals surface area (Å²) in [5.41, 5.74) is 0.599. The molecule has 1 unspecified atom stereocenters. The number of nitrogens with zero attached hydrogens (tertiary/aromatic N) is 1. The zero-order valence-corrected chi connectivity index (χ0v) is 13.6. The van der Waals surface area contributed by atoms with Gasteiger partial charge in [-0.25, -0.2) is 0 Å². The molecular weight excluding hydrogens is 304 g/mol. The number of amides is 2.